The molecule has 0 bridgehead atoms. The van der Waals surface area contributed by atoms with Crippen LogP contribution in [0.4, 0.5) is 10.1 Å². The molecule has 1 aromatic heterocycles. The number of nitrogens with zero attached hydrogens (tertiary/aromatic N) is 1. The van der Waals surface area contributed by atoms with E-state index in [2.05, 4.69) is 10.3 Å². The smallest absolute Gasteiger partial charge is 0.178 e. The van der Waals surface area contributed by atoms with Gasteiger partial charge in [-0.2, -0.15) is 0 Å². The zero-order chi connectivity index (χ0) is 18.9. The molecule has 1 N–H and O–H groups in total. The van der Waals surface area contributed by atoms with E-state index in [-0.39, 0.29) is 17.6 Å². The number of hydrogen-bond donors (Lipinski definition) is 1. The molecule has 3 rings (SSSR count). The topological polar surface area (TPSA) is 59.1 Å². The summed E-state index contributed by atoms with van der Waals surface area (Å²) in [5, 5.41) is 4.10. The summed E-state index contributed by atoms with van der Waals surface area (Å²) < 4.78 is 37.5. The molecule has 0 aliphatic heterocycles. The van der Waals surface area contributed by atoms with E-state index < -0.39 is 9.84 Å². The van der Waals surface area contributed by atoms with Crippen LogP contribution >= 0.6 is 0 Å². The monoisotopic (exact) mass is 372 g/mol. The minimum atomic E-state index is -3.21. The summed E-state index contributed by atoms with van der Waals surface area (Å²) in [6, 6.07) is 13.2. The lowest BCUT2D eigenvalue weighted by molar-refractivity contribution is 0.597. The van der Waals surface area contributed by atoms with Crippen LogP contribution in [0.3, 0.4) is 0 Å². The summed E-state index contributed by atoms with van der Waals surface area (Å²) >= 11 is 0. The fourth-order valence-corrected chi connectivity index (χ4v) is 3.78. The van der Waals surface area contributed by atoms with Crippen molar-refractivity contribution in [3.05, 3.63) is 65.6 Å². The van der Waals surface area contributed by atoms with Crippen LogP contribution in [0.15, 0.2) is 53.4 Å². The van der Waals surface area contributed by atoms with Gasteiger partial charge in [0.05, 0.1) is 16.2 Å². The van der Waals surface area contributed by atoms with E-state index in [1.165, 1.54) is 12.1 Å². The van der Waals surface area contributed by atoms with Crippen molar-refractivity contribution < 1.29 is 12.8 Å². The predicted octanol–water partition coefficient (Wildman–Crippen LogP) is 4.65. The average Bonchev–Trinajstić information content (AvgIpc) is 2.62. The van der Waals surface area contributed by atoms with Crippen LogP contribution in [-0.4, -0.2) is 19.2 Å². The van der Waals surface area contributed by atoms with Crippen LogP contribution in [0.25, 0.3) is 10.9 Å². The summed E-state index contributed by atoms with van der Waals surface area (Å²) in [4.78, 5) is 4.75. The van der Waals surface area contributed by atoms with E-state index in [0.717, 1.165) is 22.5 Å². The molecule has 0 saturated carbocycles. The van der Waals surface area contributed by atoms with Gasteiger partial charge in [0.2, 0.25) is 0 Å². The van der Waals surface area contributed by atoms with Crippen molar-refractivity contribution in [3.8, 4) is 0 Å². The fraction of sp³-hybridized carbons (Fsp3) is 0.250. The second kappa shape index (κ2) is 7.03. The first-order valence-electron chi connectivity index (χ1n) is 8.46. The Morgan fingerprint density at radius 3 is 2.46 bits per heavy atom. The third-order valence-electron chi connectivity index (χ3n) is 4.39. The molecule has 2 aromatic carbocycles. The summed E-state index contributed by atoms with van der Waals surface area (Å²) in [5.41, 5.74) is 3.30. The van der Waals surface area contributed by atoms with Crippen LogP contribution in [-0.2, 0) is 9.84 Å². The molecule has 0 spiro atoms. The second-order valence-electron chi connectivity index (χ2n) is 6.31. The van der Waals surface area contributed by atoms with Crippen molar-refractivity contribution in [1.29, 1.82) is 0 Å². The van der Waals surface area contributed by atoms with Gasteiger partial charge in [-0.05, 0) is 55.8 Å². The van der Waals surface area contributed by atoms with Crippen LogP contribution in [0, 0.1) is 12.7 Å². The summed E-state index contributed by atoms with van der Waals surface area (Å²) in [5.74, 6) is -0.235. The van der Waals surface area contributed by atoms with Crippen LogP contribution in [0.2, 0.25) is 0 Å². The van der Waals surface area contributed by atoms with Crippen molar-refractivity contribution in [2.45, 2.75) is 31.7 Å². The predicted molar refractivity (Wildman–Crippen MR) is 103 cm³/mol. The minimum absolute atomic E-state index is 0.0774. The number of aryl methyl sites for hydroxylation is 1. The van der Waals surface area contributed by atoms with Crippen molar-refractivity contribution in [2.24, 2.45) is 0 Å². The third-order valence-corrected chi connectivity index (χ3v) is 6.14. The Morgan fingerprint density at radius 2 is 1.81 bits per heavy atom. The Bertz CT molecular complexity index is 1050. The molecular formula is C20H21FN2O2S. The quantitative estimate of drug-likeness (QED) is 0.708. The van der Waals surface area contributed by atoms with E-state index in [9.17, 15) is 12.8 Å². The number of sulfone groups is 1. The number of benzene rings is 2. The highest BCUT2D eigenvalue weighted by atomic mass is 32.2. The zero-order valence-electron chi connectivity index (χ0n) is 15.0. The molecule has 3 aromatic rings. The van der Waals surface area contributed by atoms with Gasteiger partial charge in [0, 0.05) is 22.8 Å². The summed E-state index contributed by atoms with van der Waals surface area (Å²) in [6.07, 6.45) is 0. The maximum Gasteiger partial charge on any atom is 0.178 e. The van der Waals surface area contributed by atoms with E-state index in [1.807, 2.05) is 19.9 Å². The third kappa shape index (κ3) is 3.70. The summed E-state index contributed by atoms with van der Waals surface area (Å²) in [6.45, 7) is 5.50. The molecule has 0 saturated heterocycles. The van der Waals surface area contributed by atoms with E-state index in [0.29, 0.717) is 10.3 Å². The number of pyridine rings is 1. The molecule has 1 unspecified atom stereocenters. The normalized spacial score (nSPS) is 12.9. The number of anilines is 1. The standard InChI is InChI=1S/C20H21FN2O2S/c1-4-26(24,25)17-8-5-15(6-9-17)14(3)23-20-11-13(2)22-19-10-7-16(21)12-18(19)20/h5-12,14H,4H2,1-3H3,(H,22,23). The molecule has 6 heteroatoms. The Labute approximate surface area is 153 Å². The minimum Gasteiger partial charge on any atom is -0.378 e. The van der Waals surface area contributed by atoms with E-state index >= 15 is 0 Å². The molecule has 0 aliphatic rings. The lowest BCUT2D eigenvalue weighted by Crippen LogP contribution is -2.09. The summed E-state index contributed by atoms with van der Waals surface area (Å²) in [7, 11) is -3.21. The Balaban J connectivity index is 1.92. The van der Waals surface area contributed by atoms with Gasteiger partial charge in [0.1, 0.15) is 5.82 Å². The van der Waals surface area contributed by atoms with Gasteiger partial charge >= 0.3 is 0 Å². The van der Waals surface area contributed by atoms with Gasteiger partial charge in [-0.25, -0.2) is 12.8 Å². The van der Waals surface area contributed by atoms with Crippen molar-refractivity contribution in [3.63, 3.8) is 0 Å². The van der Waals surface area contributed by atoms with Gasteiger partial charge in [0.25, 0.3) is 0 Å². The van der Waals surface area contributed by atoms with E-state index in [4.69, 9.17) is 0 Å². The van der Waals surface area contributed by atoms with E-state index in [1.54, 1.807) is 37.3 Å². The zero-order valence-corrected chi connectivity index (χ0v) is 15.8. The lowest BCUT2D eigenvalue weighted by Gasteiger charge is -2.18. The number of halogens is 1. The molecule has 0 aliphatic carbocycles. The second-order valence-corrected chi connectivity index (χ2v) is 8.59. The Kier molecular flexibility index (Phi) is 4.96. The van der Waals surface area contributed by atoms with Crippen LogP contribution < -0.4 is 5.32 Å². The van der Waals surface area contributed by atoms with Gasteiger partial charge in [-0.15, -0.1) is 0 Å². The molecule has 1 atom stereocenters. The highest BCUT2D eigenvalue weighted by Crippen LogP contribution is 2.28. The van der Waals surface area contributed by atoms with Gasteiger partial charge < -0.3 is 5.32 Å². The SMILES string of the molecule is CCS(=O)(=O)c1ccc(C(C)Nc2cc(C)nc3ccc(F)cc23)cc1. The number of fused-ring (bicyclic) bond motifs is 1. The molecular weight excluding hydrogens is 351 g/mol. The molecule has 1 heterocycles. The number of aromatic nitrogens is 1. The van der Waals surface area contributed by atoms with Crippen molar-refractivity contribution in [2.75, 3.05) is 11.1 Å². The molecule has 26 heavy (non-hydrogen) atoms. The highest BCUT2D eigenvalue weighted by molar-refractivity contribution is 7.91. The van der Waals surface area contributed by atoms with Gasteiger partial charge in [-0.1, -0.05) is 19.1 Å². The Morgan fingerprint density at radius 1 is 1.12 bits per heavy atom. The first kappa shape index (κ1) is 18.3. The number of rotatable bonds is 5. The first-order valence-corrected chi connectivity index (χ1v) is 10.1. The maximum absolute atomic E-state index is 13.7. The lowest BCUT2D eigenvalue weighted by atomic mass is 10.1. The molecule has 0 fully saturated rings. The van der Waals surface area contributed by atoms with Crippen molar-refractivity contribution >= 4 is 26.4 Å². The van der Waals surface area contributed by atoms with Crippen LogP contribution in [0.1, 0.15) is 31.1 Å². The largest absolute Gasteiger partial charge is 0.378 e. The molecule has 0 amide bonds. The number of hydrogen-bond acceptors (Lipinski definition) is 4. The number of nitrogens with one attached hydrogen (secondary N) is 1. The molecule has 0 radical (unpaired) electrons. The maximum atomic E-state index is 13.7. The molecule has 136 valence electrons. The van der Waals surface area contributed by atoms with Gasteiger partial charge in [-0.3, -0.25) is 4.98 Å². The highest BCUT2D eigenvalue weighted by Gasteiger charge is 2.14. The first-order chi connectivity index (χ1) is 12.3. The fourth-order valence-electron chi connectivity index (χ4n) is 2.90. The van der Waals surface area contributed by atoms with Gasteiger partial charge in [0.15, 0.2) is 9.84 Å². The van der Waals surface area contributed by atoms with Crippen LogP contribution in [0.5, 0.6) is 0 Å². The van der Waals surface area contributed by atoms with Crippen molar-refractivity contribution in [1.82, 2.24) is 4.98 Å². The Hall–Kier alpha value is -2.47. The molecule has 4 nitrogen and oxygen atoms in total. The average molecular weight is 372 g/mol.